The van der Waals surface area contributed by atoms with Gasteiger partial charge in [-0.2, -0.15) is 0 Å². The van der Waals surface area contributed by atoms with E-state index >= 15 is 0 Å². The van der Waals surface area contributed by atoms with Crippen LogP contribution in [0.5, 0.6) is 0 Å². The first-order valence-corrected chi connectivity index (χ1v) is 25.2. The Balaban J connectivity index is 4.58. The Kier molecular flexibility index (Phi) is 45.2. The Morgan fingerprint density at radius 2 is 0.900 bits per heavy atom. The van der Waals surface area contributed by atoms with Crippen LogP contribution in [0.2, 0.25) is 0 Å². The molecule has 0 aromatic rings. The van der Waals surface area contributed by atoms with Crippen molar-refractivity contribution in [2.45, 2.75) is 251 Å². The van der Waals surface area contributed by atoms with E-state index in [1.165, 1.54) is 89.9 Å². The number of ether oxygens (including phenoxy) is 1. The summed E-state index contributed by atoms with van der Waals surface area (Å²) in [7, 11) is 0. The standard InChI is InChI=1S/C54H95NO5/c1-4-7-10-13-16-19-22-24-25-26-27-28-30-32-35-38-41-44-47-54(59)60-50(45-42-39-36-33-21-18-15-12-9-6-3)48-53(58)55-51(49-56)52(57)46-43-40-37-34-31-29-23-20-17-14-11-8-5-2/h10,13,16,18-19,21-22,24-28,50-52,56-57H,4-9,11-12,14-15,17,20,23,29-49H2,1-3H3,(H,55,58)/b13-10+,19-16+,21-18-,24-22+,26-25+,28-27+. The Morgan fingerprint density at radius 3 is 1.45 bits per heavy atom. The fourth-order valence-corrected chi connectivity index (χ4v) is 7.28. The number of allylic oxidation sites excluding steroid dienone is 12. The van der Waals surface area contributed by atoms with Crippen molar-refractivity contribution in [1.29, 1.82) is 0 Å². The van der Waals surface area contributed by atoms with Crippen LogP contribution in [0.3, 0.4) is 0 Å². The summed E-state index contributed by atoms with van der Waals surface area (Å²) in [6.45, 7) is 6.35. The number of aliphatic hydroxyl groups is 2. The molecule has 0 aromatic heterocycles. The zero-order chi connectivity index (χ0) is 43.8. The molecule has 0 radical (unpaired) electrons. The van der Waals surface area contributed by atoms with Crippen molar-refractivity contribution in [3.8, 4) is 0 Å². The van der Waals surface area contributed by atoms with Crippen LogP contribution in [-0.2, 0) is 14.3 Å². The van der Waals surface area contributed by atoms with E-state index in [1.807, 2.05) is 24.3 Å². The van der Waals surface area contributed by atoms with E-state index in [1.54, 1.807) is 0 Å². The predicted molar refractivity (Wildman–Crippen MR) is 259 cm³/mol. The molecule has 6 nitrogen and oxygen atoms in total. The normalized spacial score (nSPS) is 13.9. The average molecular weight is 838 g/mol. The Morgan fingerprint density at radius 1 is 0.483 bits per heavy atom. The summed E-state index contributed by atoms with van der Waals surface area (Å²) in [4.78, 5) is 26.1. The van der Waals surface area contributed by atoms with Gasteiger partial charge in [0.05, 0.1) is 25.2 Å². The van der Waals surface area contributed by atoms with Gasteiger partial charge in [-0.05, 0) is 70.6 Å². The maximum Gasteiger partial charge on any atom is 0.306 e. The van der Waals surface area contributed by atoms with Gasteiger partial charge in [0, 0.05) is 6.42 Å². The van der Waals surface area contributed by atoms with Crippen molar-refractivity contribution >= 4 is 11.9 Å². The van der Waals surface area contributed by atoms with Crippen molar-refractivity contribution in [3.63, 3.8) is 0 Å². The molecule has 0 rings (SSSR count). The minimum absolute atomic E-state index is 0.0534. The van der Waals surface area contributed by atoms with E-state index in [-0.39, 0.29) is 24.9 Å². The molecule has 3 atom stereocenters. The maximum atomic E-state index is 13.2. The lowest BCUT2D eigenvalue weighted by Gasteiger charge is -2.24. The Bertz CT molecular complexity index is 1120. The maximum absolute atomic E-state index is 13.2. The summed E-state index contributed by atoms with van der Waals surface area (Å²) < 4.78 is 5.90. The molecule has 3 N–H and O–H groups in total. The number of hydrogen-bond acceptors (Lipinski definition) is 5. The summed E-state index contributed by atoms with van der Waals surface area (Å²) in [5.74, 6) is -0.522. The molecule has 0 spiro atoms. The molecule has 346 valence electrons. The lowest BCUT2D eigenvalue weighted by atomic mass is 10.0. The Labute approximate surface area is 371 Å². The third-order valence-electron chi connectivity index (χ3n) is 11.1. The topological polar surface area (TPSA) is 95.9 Å². The second-order valence-electron chi connectivity index (χ2n) is 17.0. The van der Waals surface area contributed by atoms with Crippen molar-refractivity contribution in [1.82, 2.24) is 5.32 Å². The quantitative estimate of drug-likeness (QED) is 0.0246. The van der Waals surface area contributed by atoms with E-state index in [2.05, 4.69) is 74.7 Å². The number of amides is 1. The van der Waals surface area contributed by atoms with E-state index in [0.29, 0.717) is 19.3 Å². The molecule has 0 aromatic carbocycles. The van der Waals surface area contributed by atoms with Gasteiger partial charge in [0.25, 0.3) is 0 Å². The molecule has 6 heteroatoms. The summed E-state index contributed by atoms with van der Waals surface area (Å²) >= 11 is 0. The largest absolute Gasteiger partial charge is 0.462 e. The first-order valence-electron chi connectivity index (χ1n) is 25.2. The van der Waals surface area contributed by atoms with E-state index in [0.717, 1.165) is 96.3 Å². The van der Waals surface area contributed by atoms with Crippen LogP contribution in [0.25, 0.3) is 0 Å². The first-order chi connectivity index (χ1) is 29.5. The molecule has 0 bridgehead atoms. The summed E-state index contributed by atoms with van der Waals surface area (Å²) in [5, 5.41) is 23.7. The lowest BCUT2D eigenvalue weighted by molar-refractivity contribution is -0.151. The molecule has 0 saturated carbocycles. The number of nitrogens with one attached hydrogen (secondary N) is 1. The summed E-state index contributed by atoms with van der Waals surface area (Å²) in [6.07, 6.45) is 59.5. The number of carbonyl (C=O) groups excluding carboxylic acids is 2. The lowest BCUT2D eigenvalue weighted by Crippen LogP contribution is -2.46. The van der Waals surface area contributed by atoms with Crippen molar-refractivity contribution in [2.24, 2.45) is 0 Å². The van der Waals surface area contributed by atoms with Gasteiger partial charge in [0.15, 0.2) is 0 Å². The molecule has 60 heavy (non-hydrogen) atoms. The van der Waals surface area contributed by atoms with Gasteiger partial charge >= 0.3 is 5.97 Å². The second-order valence-corrected chi connectivity index (χ2v) is 17.0. The smallest absolute Gasteiger partial charge is 0.306 e. The fraction of sp³-hybridized carbons (Fsp3) is 0.741. The number of aliphatic hydroxyl groups excluding tert-OH is 2. The molecule has 0 saturated heterocycles. The van der Waals surface area contributed by atoms with Crippen LogP contribution in [-0.4, -0.2) is 46.9 Å². The predicted octanol–water partition coefficient (Wildman–Crippen LogP) is 15.0. The molecular formula is C54H95NO5. The number of unbranched alkanes of at least 4 members (excludes halogenated alkanes) is 24. The third kappa shape index (κ3) is 42.0. The third-order valence-corrected chi connectivity index (χ3v) is 11.1. The van der Waals surface area contributed by atoms with Crippen LogP contribution >= 0.6 is 0 Å². The summed E-state index contributed by atoms with van der Waals surface area (Å²) in [5.41, 5.74) is 0. The van der Waals surface area contributed by atoms with Gasteiger partial charge in [0.2, 0.25) is 5.91 Å². The molecule has 0 heterocycles. The fourth-order valence-electron chi connectivity index (χ4n) is 7.28. The van der Waals surface area contributed by atoms with Crippen LogP contribution in [0, 0.1) is 0 Å². The van der Waals surface area contributed by atoms with Gasteiger partial charge in [-0.25, -0.2) is 0 Å². The van der Waals surface area contributed by atoms with Gasteiger partial charge in [-0.3, -0.25) is 9.59 Å². The highest BCUT2D eigenvalue weighted by Gasteiger charge is 2.24. The van der Waals surface area contributed by atoms with Gasteiger partial charge in [-0.15, -0.1) is 0 Å². The molecule has 0 fully saturated rings. The first kappa shape index (κ1) is 57.3. The van der Waals surface area contributed by atoms with Gasteiger partial charge in [0.1, 0.15) is 6.10 Å². The highest BCUT2D eigenvalue weighted by molar-refractivity contribution is 5.77. The van der Waals surface area contributed by atoms with Crippen molar-refractivity contribution < 1.29 is 24.5 Å². The molecule has 0 aliphatic rings. The number of esters is 1. The number of carbonyl (C=O) groups is 2. The minimum Gasteiger partial charge on any atom is -0.462 e. The van der Waals surface area contributed by atoms with Crippen LogP contribution < -0.4 is 5.32 Å². The SMILES string of the molecule is CCC/C=C/C=C/C=C/C=C/C=C/CCCCCCCC(=O)OC(CCCCC/C=C\CCCCC)CC(=O)NC(CO)C(O)CCCCCCCCCCCCCCC. The highest BCUT2D eigenvalue weighted by Crippen LogP contribution is 2.17. The van der Waals surface area contributed by atoms with E-state index in [4.69, 9.17) is 4.74 Å². The van der Waals surface area contributed by atoms with E-state index < -0.39 is 18.2 Å². The summed E-state index contributed by atoms with van der Waals surface area (Å²) in [6, 6.07) is -0.713. The molecule has 0 aliphatic heterocycles. The number of rotatable bonds is 44. The molecule has 1 amide bonds. The molecular weight excluding hydrogens is 743 g/mol. The van der Waals surface area contributed by atoms with Crippen molar-refractivity contribution in [2.75, 3.05) is 6.61 Å². The van der Waals surface area contributed by atoms with Gasteiger partial charge in [-0.1, -0.05) is 222 Å². The monoisotopic (exact) mass is 838 g/mol. The average Bonchev–Trinajstić information content (AvgIpc) is 3.24. The molecule has 3 unspecified atom stereocenters. The van der Waals surface area contributed by atoms with Crippen molar-refractivity contribution in [3.05, 3.63) is 72.9 Å². The van der Waals surface area contributed by atoms with Crippen LogP contribution in [0.1, 0.15) is 233 Å². The van der Waals surface area contributed by atoms with Gasteiger partial charge < -0.3 is 20.3 Å². The van der Waals surface area contributed by atoms with E-state index in [9.17, 15) is 19.8 Å². The minimum atomic E-state index is -0.798. The highest BCUT2D eigenvalue weighted by atomic mass is 16.5. The zero-order valence-corrected chi connectivity index (χ0v) is 39.3. The van der Waals surface area contributed by atoms with Crippen LogP contribution in [0.4, 0.5) is 0 Å². The number of hydrogen-bond donors (Lipinski definition) is 3. The van der Waals surface area contributed by atoms with Crippen LogP contribution in [0.15, 0.2) is 72.9 Å². The second kappa shape index (κ2) is 47.4. The molecule has 0 aliphatic carbocycles. The zero-order valence-electron chi connectivity index (χ0n) is 39.3. The Hall–Kier alpha value is -2.70.